The number of nitrogens with one attached hydrogen (secondary N) is 1. The third-order valence-electron chi connectivity index (χ3n) is 9.34. The summed E-state index contributed by atoms with van der Waals surface area (Å²) in [6.45, 7) is 4.86. The Kier molecular flexibility index (Phi) is 4.36. The topological polar surface area (TPSA) is 65.4 Å². The maximum atomic E-state index is 10.7. The molecule has 0 radical (unpaired) electrons. The van der Waals surface area contributed by atoms with Crippen molar-refractivity contribution in [1.29, 1.82) is 0 Å². The number of anilines is 2. The second-order valence-electron chi connectivity index (χ2n) is 10.8. The van der Waals surface area contributed by atoms with Gasteiger partial charge in [-0.3, -0.25) is 0 Å². The first kappa shape index (κ1) is 19.8. The fourth-order valence-electron chi connectivity index (χ4n) is 7.61. The molecule has 2 aromatic rings. The first-order valence-corrected chi connectivity index (χ1v) is 12.6. The van der Waals surface area contributed by atoms with E-state index in [1.165, 1.54) is 41.8 Å². The quantitative estimate of drug-likeness (QED) is 0.529. The molecule has 0 unspecified atom stereocenters. The summed E-state index contributed by atoms with van der Waals surface area (Å²) in [4.78, 5) is 6.30. The van der Waals surface area contributed by atoms with E-state index in [0.717, 1.165) is 30.1 Å². The van der Waals surface area contributed by atoms with Crippen LogP contribution in [0.2, 0.25) is 0 Å². The Hall–Kier alpha value is -1.85. The van der Waals surface area contributed by atoms with Gasteiger partial charge in [-0.2, -0.15) is 0 Å². The van der Waals surface area contributed by atoms with Gasteiger partial charge >= 0.3 is 0 Å². The third kappa shape index (κ3) is 2.85. The average molecular weight is 437 g/mol. The summed E-state index contributed by atoms with van der Waals surface area (Å²) in [5.74, 6) is 2.36. The molecule has 2 fully saturated rings. The molecule has 1 aromatic heterocycles. The number of aliphatic hydroxyl groups is 1. The van der Waals surface area contributed by atoms with Crippen molar-refractivity contribution in [1.82, 2.24) is 4.98 Å². The van der Waals surface area contributed by atoms with E-state index in [-0.39, 0.29) is 22.7 Å². The highest BCUT2D eigenvalue weighted by Crippen LogP contribution is 2.66. The van der Waals surface area contributed by atoms with Crippen LogP contribution in [-0.4, -0.2) is 21.3 Å². The first-order chi connectivity index (χ1) is 14.9. The minimum atomic E-state index is -0.109. The highest BCUT2D eigenvalue weighted by Gasteiger charge is 2.58. The summed E-state index contributed by atoms with van der Waals surface area (Å²) in [5, 5.41) is 24.8. The number of phenolic OH excluding ortho intramolecular Hbond substituents is 1. The number of phenols is 1. The number of hydrogen-bond acceptors (Lipinski definition) is 5. The summed E-state index contributed by atoms with van der Waals surface area (Å²) in [6.07, 6.45) is 10.4. The Bertz CT molecular complexity index is 1060. The molecular weight excluding hydrogens is 404 g/mol. The molecule has 0 saturated heterocycles. The lowest BCUT2D eigenvalue weighted by atomic mass is 9.48. The molecule has 6 atom stereocenters. The van der Waals surface area contributed by atoms with Crippen molar-refractivity contribution in [3.05, 3.63) is 40.9 Å². The van der Waals surface area contributed by atoms with Crippen LogP contribution in [0.15, 0.2) is 30.3 Å². The third-order valence-corrected chi connectivity index (χ3v) is 10.4. The van der Waals surface area contributed by atoms with Gasteiger partial charge in [0.2, 0.25) is 0 Å². The number of thiazole rings is 1. The number of aliphatic hydroxyl groups excluding tert-OH is 1. The second-order valence-corrected chi connectivity index (χ2v) is 11.8. The fraction of sp³-hybridized carbons (Fsp3) is 0.577. The van der Waals surface area contributed by atoms with Crippen molar-refractivity contribution in [3.8, 4) is 5.75 Å². The van der Waals surface area contributed by atoms with Gasteiger partial charge < -0.3 is 15.5 Å². The average Bonchev–Trinajstić information content (AvgIpc) is 3.28. The molecule has 0 aliphatic heterocycles. The summed E-state index contributed by atoms with van der Waals surface area (Å²) in [6, 6.07) is 7.24. The van der Waals surface area contributed by atoms with Crippen molar-refractivity contribution in [2.24, 2.45) is 28.6 Å². The molecule has 0 spiro atoms. The molecule has 4 aliphatic rings. The highest BCUT2D eigenvalue weighted by atomic mass is 32.1. The van der Waals surface area contributed by atoms with E-state index in [1.54, 1.807) is 23.5 Å². The van der Waals surface area contributed by atoms with Gasteiger partial charge in [-0.1, -0.05) is 37.3 Å². The van der Waals surface area contributed by atoms with Crippen LogP contribution in [0.3, 0.4) is 0 Å². The molecule has 5 heteroatoms. The lowest BCUT2D eigenvalue weighted by molar-refractivity contribution is -0.0579. The van der Waals surface area contributed by atoms with Gasteiger partial charge in [0.05, 0.1) is 16.7 Å². The highest BCUT2D eigenvalue weighted by molar-refractivity contribution is 7.16. The normalized spacial score (nSPS) is 38.5. The van der Waals surface area contributed by atoms with Gasteiger partial charge in [0.15, 0.2) is 5.13 Å². The van der Waals surface area contributed by atoms with Crippen LogP contribution in [0.1, 0.15) is 62.9 Å². The fourth-order valence-corrected chi connectivity index (χ4v) is 8.82. The van der Waals surface area contributed by atoms with Gasteiger partial charge in [0.1, 0.15) is 5.75 Å². The van der Waals surface area contributed by atoms with E-state index in [1.807, 2.05) is 12.1 Å². The zero-order valence-corrected chi connectivity index (χ0v) is 19.2. The minimum Gasteiger partial charge on any atom is -0.508 e. The molecule has 1 aromatic carbocycles. The number of nitrogens with zero attached hydrogens (tertiary/aromatic N) is 1. The van der Waals surface area contributed by atoms with Crippen molar-refractivity contribution >= 4 is 27.7 Å². The van der Waals surface area contributed by atoms with Crippen LogP contribution in [0.5, 0.6) is 5.75 Å². The molecule has 2 saturated carbocycles. The van der Waals surface area contributed by atoms with E-state index < -0.39 is 0 Å². The number of fused-ring (bicyclic) bond motifs is 7. The van der Waals surface area contributed by atoms with Gasteiger partial charge in [-0.15, -0.1) is 0 Å². The van der Waals surface area contributed by atoms with Crippen LogP contribution in [-0.2, 0) is 6.42 Å². The number of benzene rings is 1. The zero-order valence-electron chi connectivity index (χ0n) is 18.4. The van der Waals surface area contributed by atoms with Gasteiger partial charge in [0, 0.05) is 11.8 Å². The summed E-state index contributed by atoms with van der Waals surface area (Å²) in [7, 11) is 0. The molecule has 4 aliphatic carbocycles. The van der Waals surface area contributed by atoms with E-state index in [0.29, 0.717) is 17.8 Å². The number of rotatable bonds is 2. The van der Waals surface area contributed by atoms with Gasteiger partial charge in [-0.05, 0) is 91.2 Å². The minimum absolute atomic E-state index is 0.109. The molecule has 3 N–H and O–H groups in total. The van der Waals surface area contributed by atoms with E-state index >= 15 is 0 Å². The Morgan fingerprint density at radius 1 is 1.13 bits per heavy atom. The Morgan fingerprint density at radius 3 is 2.84 bits per heavy atom. The van der Waals surface area contributed by atoms with Crippen molar-refractivity contribution in [3.63, 3.8) is 0 Å². The standard InChI is InChI=1S/C26H32N2O2S/c1-25-13-11-21-23(31-24(28-21)27-15-4-3-5-16(29)14-15)20(25)7-6-17-18-8-9-22(30)26(18,2)12-10-19(17)25/h3-5,7,14,17-19,22,29-30H,6,8-13H2,1-2H3,(H,27,28)/t17-,18-,19-,22-,25+,26-/m0/s1. The molecule has 0 bridgehead atoms. The predicted molar refractivity (Wildman–Crippen MR) is 126 cm³/mol. The maximum Gasteiger partial charge on any atom is 0.187 e. The van der Waals surface area contributed by atoms with Gasteiger partial charge in [0.25, 0.3) is 0 Å². The van der Waals surface area contributed by atoms with Crippen LogP contribution in [0.25, 0.3) is 5.57 Å². The molecule has 0 amide bonds. The van der Waals surface area contributed by atoms with E-state index in [2.05, 4.69) is 25.2 Å². The number of aromatic nitrogens is 1. The lowest BCUT2D eigenvalue weighted by Crippen LogP contribution is -2.50. The summed E-state index contributed by atoms with van der Waals surface area (Å²) >= 11 is 1.77. The molecule has 6 rings (SSSR count). The summed E-state index contributed by atoms with van der Waals surface area (Å²) in [5.41, 5.74) is 3.98. The second kappa shape index (κ2) is 6.82. The molecular formula is C26H32N2O2S. The Balaban J connectivity index is 1.33. The van der Waals surface area contributed by atoms with Crippen LogP contribution in [0.4, 0.5) is 10.8 Å². The van der Waals surface area contributed by atoms with Crippen molar-refractivity contribution in [2.75, 3.05) is 5.32 Å². The first-order valence-electron chi connectivity index (χ1n) is 11.8. The van der Waals surface area contributed by atoms with Crippen LogP contribution < -0.4 is 5.32 Å². The monoisotopic (exact) mass is 436 g/mol. The predicted octanol–water partition coefficient (Wildman–Crippen LogP) is 6.14. The van der Waals surface area contributed by atoms with Crippen LogP contribution >= 0.6 is 11.3 Å². The molecule has 164 valence electrons. The van der Waals surface area contributed by atoms with Gasteiger partial charge in [-0.25, -0.2) is 4.98 Å². The zero-order chi connectivity index (χ0) is 21.4. The van der Waals surface area contributed by atoms with E-state index in [9.17, 15) is 10.2 Å². The smallest absolute Gasteiger partial charge is 0.187 e. The lowest BCUT2D eigenvalue weighted by Gasteiger charge is -2.56. The number of hydrogen-bond donors (Lipinski definition) is 3. The number of aryl methyl sites for hydroxylation is 1. The Labute approximate surface area is 188 Å². The summed E-state index contributed by atoms with van der Waals surface area (Å²) < 4.78 is 0. The number of aromatic hydroxyl groups is 1. The van der Waals surface area contributed by atoms with Crippen molar-refractivity contribution in [2.45, 2.75) is 64.9 Å². The SMILES string of the molecule is C[C@]12CC[C@H]3[C@@H](CC=C4c5sc(Nc6cccc(O)c6)nc5CC[C@@]43C)[C@@H]1CC[C@@H]2O. The number of allylic oxidation sites excluding steroid dienone is 2. The molecule has 1 heterocycles. The largest absolute Gasteiger partial charge is 0.508 e. The van der Waals surface area contributed by atoms with E-state index in [4.69, 9.17) is 4.98 Å². The molecule has 4 nitrogen and oxygen atoms in total. The Morgan fingerprint density at radius 2 is 2.00 bits per heavy atom. The van der Waals surface area contributed by atoms with Crippen LogP contribution in [0, 0.1) is 28.6 Å². The maximum absolute atomic E-state index is 10.7. The van der Waals surface area contributed by atoms with Crippen molar-refractivity contribution < 1.29 is 10.2 Å². The molecule has 31 heavy (non-hydrogen) atoms.